The van der Waals surface area contributed by atoms with Crippen molar-refractivity contribution < 1.29 is 14.4 Å². The lowest BCUT2D eigenvalue weighted by Gasteiger charge is -2.14. The zero-order valence-electron chi connectivity index (χ0n) is 24.2. The fourth-order valence-electron chi connectivity index (χ4n) is 3.74. The lowest BCUT2D eigenvalue weighted by molar-refractivity contribution is -0.115. The molecule has 12 heteroatoms. The monoisotopic (exact) mass is 632 g/mol. The molecule has 0 aliphatic rings. The van der Waals surface area contributed by atoms with Gasteiger partial charge in [-0.1, -0.05) is 55.1 Å². The Balaban J connectivity index is 1.47. The van der Waals surface area contributed by atoms with Crippen LogP contribution in [0.1, 0.15) is 29.8 Å². The minimum atomic E-state index is -0.481. The Morgan fingerprint density at radius 1 is 0.977 bits per heavy atom. The number of nitrogens with one attached hydrogen (secondary N) is 3. The maximum Gasteiger partial charge on any atom is 0.272 e. The second kappa shape index (κ2) is 15.4. The van der Waals surface area contributed by atoms with Crippen LogP contribution in [0.4, 0.5) is 16.5 Å². The number of thioether (sulfide) groups is 2. The third-order valence-corrected chi connectivity index (χ3v) is 8.50. The molecular weight excluding hydrogens is 601 g/mol. The molecule has 1 unspecified atom stereocenters. The highest BCUT2D eigenvalue weighted by molar-refractivity contribution is 8.00. The molecule has 0 saturated carbocycles. The van der Waals surface area contributed by atoms with Crippen LogP contribution in [-0.4, -0.2) is 52.2 Å². The molecule has 3 amide bonds. The molecule has 222 valence electrons. The summed E-state index contributed by atoms with van der Waals surface area (Å²) in [6, 6.07) is 23.6. The number of hydrogen-bond donors (Lipinski definition) is 3. The van der Waals surface area contributed by atoms with Crippen LogP contribution in [-0.2, 0) is 9.59 Å². The van der Waals surface area contributed by atoms with Crippen molar-refractivity contribution in [3.63, 3.8) is 0 Å². The summed E-state index contributed by atoms with van der Waals surface area (Å²) >= 11 is 4.02. The maximum absolute atomic E-state index is 13.5. The molecule has 3 aromatic carbocycles. The third kappa shape index (κ3) is 9.43. The van der Waals surface area contributed by atoms with Crippen LogP contribution >= 0.6 is 35.1 Å². The van der Waals surface area contributed by atoms with E-state index in [0.717, 1.165) is 33.4 Å². The van der Waals surface area contributed by atoms with Gasteiger partial charge in [0.25, 0.3) is 11.8 Å². The first-order valence-corrected chi connectivity index (χ1v) is 16.1. The molecular formula is C31H32N6O3S3. The van der Waals surface area contributed by atoms with Gasteiger partial charge < -0.3 is 15.5 Å². The first kappa shape index (κ1) is 31.8. The topological polar surface area (TPSA) is 116 Å². The van der Waals surface area contributed by atoms with Gasteiger partial charge in [-0.25, -0.2) is 0 Å². The highest BCUT2D eigenvalue weighted by atomic mass is 32.2. The number of nitrogens with zero attached hydrogens (tertiary/aromatic N) is 3. The van der Waals surface area contributed by atoms with E-state index in [9.17, 15) is 14.4 Å². The molecule has 0 bridgehead atoms. The van der Waals surface area contributed by atoms with Gasteiger partial charge in [-0.05, 0) is 66.8 Å². The normalized spacial score (nSPS) is 11.9. The summed E-state index contributed by atoms with van der Waals surface area (Å²) in [6.07, 6.45) is 1.64. The average Bonchev–Trinajstić information content (AvgIpc) is 3.44. The van der Waals surface area contributed by atoms with Crippen LogP contribution in [0.25, 0.3) is 6.08 Å². The Hall–Kier alpha value is -4.13. The van der Waals surface area contributed by atoms with Gasteiger partial charge in [0.05, 0.1) is 5.25 Å². The molecule has 0 fully saturated rings. The number of hydrogen-bond acceptors (Lipinski definition) is 9. The third-order valence-electron chi connectivity index (χ3n) is 5.93. The molecule has 4 rings (SSSR count). The van der Waals surface area contributed by atoms with Crippen LogP contribution in [0.15, 0.2) is 94.6 Å². The molecule has 1 aromatic heterocycles. The predicted octanol–water partition coefficient (Wildman–Crippen LogP) is 6.25. The van der Waals surface area contributed by atoms with E-state index in [1.165, 1.54) is 23.5 Å². The van der Waals surface area contributed by atoms with Gasteiger partial charge in [-0.2, -0.15) is 9.36 Å². The van der Waals surface area contributed by atoms with Crippen molar-refractivity contribution in [2.75, 3.05) is 35.4 Å². The van der Waals surface area contributed by atoms with Crippen molar-refractivity contribution in [3.05, 3.63) is 95.7 Å². The lowest BCUT2D eigenvalue weighted by Crippen LogP contribution is -2.30. The highest BCUT2D eigenvalue weighted by Gasteiger charge is 2.18. The van der Waals surface area contributed by atoms with Gasteiger partial charge in [0, 0.05) is 47.5 Å². The molecule has 0 spiro atoms. The number of aromatic nitrogens is 2. The lowest BCUT2D eigenvalue weighted by atomic mass is 10.1. The zero-order chi connectivity index (χ0) is 30.8. The van der Waals surface area contributed by atoms with Crippen LogP contribution in [0.2, 0.25) is 0 Å². The number of anilines is 3. The Bertz CT molecular complexity index is 1590. The molecule has 0 radical (unpaired) electrons. The Labute approximate surface area is 263 Å². The van der Waals surface area contributed by atoms with Gasteiger partial charge in [0.15, 0.2) is 0 Å². The second-order valence-corrected chi connectivity index (χ2v) is 12.8. The maximum atomic E-state index is 13.5. The predicted molar refractivity (Wildman–Crippen MR) is 178 cm³/mol. The first-order chi connectivity index (χ1) is 20.7. The molecule has 3 N–H and O–H groups in total. The van der Waals surface area contributed by atoms with Crippen LogP contribution in [0.5, 0.6) is 0 Å². The van der Waals surface area contributed by atoms with Crippen LogP contribution < -0.4 is 20.9 Å². The molecule has 1 heterocycles. The van der Waals surface area contributed by atoms with E-state index in [2.05, 4.69) is 25.3 Å². The first-order valence-electron chi connectivity index (χ1n) is 13.4. The van der Waals surface area contributed by atoms with E-state index < -0.39 is 17.1 Å². The molecule has 0 aliphatic heterocycles. The van der Waals surface area contributed by atoms with E-state index in [0.29, 0.717) is 21.5 Å². The van der Waals surface area contributed by atoms with Crippen molar-refractivity contribution >= 4 is 75.4 Å². The molecule has 43 heavy (non-hydrogen) atoms. The number of amides is 3. The van der Waals surface area contributed by atoms with Crippen LogP contribution in [0.3, 0.4) is 0 Å². The number of carbonyl (C=O) groups is 3. The zero-order valence-corrected chi connectivity index (χ0v) is 26.6. The smallest absolute Gasteiger partial charge is 0.272 e. The summed E-state index contributed by atoms with van der Waals surface area (Å²) < 4.78 is 4.23. The minimum absolute atomic E-state index is 0.0925. The summed E-state index contributed by atoms with van der Waals surface area (Å²) in [6.45, 7) is 3.82. The van der Waals surface area contributed by atoms with E-state index in [4.69, 9.17) is 0 Å². The molecule has 1 atom stereocenters. The van der Waals surface area contributed by atoms with Gasteiger partial charge in [-0.3, -0.25) is 19.7 Å². The summed E-state index contributed by atoms with van der Waals surface area (Å²) in [5, 5.41) is 9.14. The van der Waals surface area contributed by atoms with E-state index >= 15 is 0 Å². The Morgan fingerprint density at radius 2 is 1.72 bits per heavy atom. The summed E-state index contributed by atoms with van der Waals surface area (Å²) in [5.41, 5.74) is 2.82. The molecule has 0 aliphatic carbocycles. The minimum Gasteiger partial charge on any atom is -0.378 e. The van der Waals surface area contributed by atoms with E-state index in [-0.39, 0.29) is 11.6 Å². The fourth-order valence-corrected chi connectivity index (χ4v) is 5.94. The fraction of sp³-hybridized carbons (Fsp3) is 0.194. The average molecular weight is 633 g/mol. The largest absolute Gasteiger partial charge is 0.378 e. The Morgan fingerprint density at radius 3 is 2.42 bits per heavy atom. The quantitative estimate of drug-likeness (QED) is 0.124. The van der Waals surface area contributed by atoms with Gasteiger partial charge in [0.2, 0.25) is 16.2 Å². The van der Waals surface area contributed by atoms with Gasteiger partial charge in [0.1, 0.15) is 5.70 Å². The summed E-state index contributed by atoms with van der Waals surface area (Å²) in [4.78, 5) is 46.3. The van der Waals surface area contributed by atoms with Crippen molar-refractivity contribution in [1.29, 1.82) is 0 Å². The van der Waals surface area contributed by atoms with Gasteiger partial charge in [-0.15, -0.1) is 11.8 Å². The highest BCUT2D eigenvalue weighted by Crippen LogP contribution is 2.28. The van der Waals surface area contributed by atoms with Gasteiger partial charge >= 0.3 is 0 Å². The second-order valence-electron chi connectivity index (χ2n) is 9.41. The number of benzene rings is 3. The van der Waals surface area contributed by atoms with Crippen LogP contribution in [0, 0.1) is 0 Å². The molecule has 0 saturated heterocycles. The SMILES string of the molecule is CCSc1nsc(NC(=O)C(C)Sc2cccc(NC(=O)/C(=C\c3ccc(N(C)C)cc3)NC(=O)c3ccccc3)c2)n1. The summed E-state index contributed by atoms with van der Waals surface area (Å²) in [5.74, 6) is -0.223. The standard InChI is InChI=1S/C31H32N6O3S3/c1-5-41-31-35-30(43-36-31)34-27(38)20(2)42-25-13-9-12-23(19-25)32-29(40)26(33-28(39)22-10-7-6-8-11-22)18-21-14-16-24(17-15-21)37(3)4/h6-20H,5H2,1-4H3,(H,32,40)(H,33,39)(H,34,35,36,38)/b26-18+. The molecule has 9 nitrogen and oxygen atoms in total. The van der Waals surface area contributed by atoms with Crippen molar-refractivity contribution in [3.8, 4) is 0 Å². The number of rotatable bonds is 12. The number of carbonyl (C=O) groups excluding carboxylic acids is 3. The molecule has 4 aromatic rings. The van der Waals surface area contributed by atoms with Crippen molar-refractivity contribution in [2.45, 2.75) is 29.1 Å². The summed E-state index contributed by atoms with van der Waals surface area (Å²) in [7, 11) is 3.90. The van der Waals surface area contributed by atoms with Crippen molar-refractivity contribution in [2.24, 2.45) is 0 Å². The van der Waals surface area contributed by atoms with Crippen molar-refractivity contribution in [1.82, 2.24) is 14.7 Å². The Kier molecular flexibility index (Phi) is 11.4. The van der Waals surface area contributed by atoms with E-state index in [1.54, 1.807) is 55.5 Å². The van der Waals surface area contributed by atoms with E-state index in [1.807, 2.05) is 62.3 Å².